The van der Waals surface area contributed by atoms with Gasteiger partial charge >= 0.3 is 6.03 Å². The highest BCUT2D eigenvalue weighted by Gasteiger charge is 2.26. The van der Waals surface area contributed by atoms with Crippen molar-refractivity contribution in [3.8, 4) is 11.5 Å². The van der Waals surface area contributed by atoms with E-state index in [-0.39, 0.29) is 38.1 Å². The standard InChI is InChI=1S/C20H20N4O5/c25-18(22-10-13-5-6-16-17(9-13)29-12-28-16)7-8-21-20(27)24-11-19(26)23-14-3-1-2-4-15(14)24/h1-6,9H,7-8,10-12H2,(H,21,27)(H,22,25)(H,23,26). The number of carbonyl (C=O) groups is 3. The van der Waals surface area contributed by atoms with Crippen molar-refractivity contribution < 1.29 is 23.9 Å². The second-order valence-electron chi connectivity index (χ2n) is 6.60. The molecule has 0 saturated carbocycles. The molecule has 9 nitrogen and oxygen atoms in total. The molecule has 2 aliphatic heterocycles. The molecule has 2 aromatic carbocycles. The molecule has 0 spiro atoms. The minimum atomic E-state index is -0.420. The van der Waals surface area contributed by atoms with Crippen LogP contribution in [0.4, 0.5) is 16.2 Å². The van der Waals surface area contributed by atoms with Crippen LogP contribution in [0.3, 0.4) is 0 Å². The summed E-state index contributed by atoms with van der Waals surface area (Å²) in [5, 5.41) is 8.21. The summed E-state index contributed by atoms with van der Waals surface area (Å²) >= 11 is 0. The number of benzene rings is 2. The molecule has 2 aromatic rings. The first kappa shape index (κ1) is 18.6. The Kier molecular flexibility index (Phi) is 5.19. The third kappa shape index (κ3) is 4.23. The topological polar surface area (TPSA) is 109 Å². The number of amides is 4. The van der Waals surface area contributed by atoms with Crippen molar-refractivity contribution in [1.29, 1.82) is 0 Å². The monoisotopic (exact) mass is 396 g/mol. The van der Waals surface area contributed by atoms with Crippen molar-refractivity contribution in [2.24, 2.45) is 0 Å². The van der Waals surface area contributed by atoms with Gasteiger partial charge in [0.1, 0.15) is 6.54 Å². The number of hydrogen-bond acceptors (Lipinski definition) is 5. The van der Waals surface area contributed by atoms with E-state index in [0.29, 0.717) is 29.4 Å². The van der Waals surface area contributed by atoms with E-state index in [1.54, 1.807) is 30.3 Å². The van der Waals surface area contributed by atoms with Gasteiger partial charge in [-0.15, -0.1) is 0 Å². The van der Waals surface area contributed by atoms with Gasteiger partial charge in [0.15, 0.2) is 11.5 Å². The summed E-state index contributed by atoms with van der Waals surface area (Å²) in [6.45, 7) is 0.641. The van der Waals surface area contributed by atoms with Gasteiger partial charge < -0.3 is 25.4 Å². The van der Waals surface area contributed by atoms with E-state index in [9.17, 15) is 14.4 Å². The normalized spacial score (nSPS) is 14.1. The fourth-order valence-electron chi connectivity index (χ4n) is 3.13. The van der Waals surface area contributed by atoms with Gasteiger partial charge in [-0.05, 0) is 29.8 Å². The van der Waals surface area contributed by atoms with E-state index >= 15 is 0 Å². The van der Waals surface area contributed by atoms with Crippen LogP contribution >= 0.6 is 0 Å². The Morgan fingerprint density at radius 3 is 2.79 bits per heavy atom. The molecule has 0 unspecified atom stereocenters. The lowest BCUT2D eigenvalue weighted by molar-refractivity contribution is -0.121. The molecule has 29 heavy (non-hydrogen) atoms. The third-order valence-corrected chi connectivity index (χ3v) is 4.57. The van der Waals surface area contributed by atoms with Gasteiger partial charge in [-0.2, -0.15) is 0 Å². The van der Waals surface area contributed by atoms with Crippen LogP contribution in [0.1, 0.15) is 12.0 Å². The second kappa shape index (κ2) is 8.09. The Morgan fingerprint density at radius 2 is 1.90 bits per heavy atom. The third-order valence-electron chi connectivity index (χ3n) is 4.57. The molecule has 2 heterocycles. The predicted molar refractivity (Wildman–Crippen MR) is 105 cm³/mol. The minimum Gasteiger partial charge on any atom is -0.454 e. The summed E-state index contributed by atoms with van der Waals surface area (Å²) in [4.78, 5) is 37.7. The summed E-state index contributed by atoms with van der Waals surface area (Å²) < 4.78 is 10.6. The molecular formula is C20H20N4O5. The van der Waals surface area contributed by atoms with Gasteiger partial charge in [0, 0.05) is 19.5 Å². The first-order chi connectivity index (χ1) is 14.1. The van der Waals surface area contributed by atoms with Crippen molar-refractivity contribution in [1.82, 2.24) is 10.6 Å². The number of nitrogens with zero attached hydrogens (tertiary/aromatic N) is 1. The van der Waals surface area contributed by atoms with E-state index in [1.807, 2.05) is 12.1 Å². The SMILES string of the molecule is O=C(CCNC(=O)N1CC(=O)Nc2ccccc21)NCc1ccc2c(c1)OCO2. The maximum Gasteiger partial charge on any atom is 0.322 e. The smallest absolute Gasteiger partial charge is 0.322 e. The molecule has 0 radical (unpaired) electrons. The molecular weight excluding hydrogens is 376 g/mol. The fraction of sp³-hybridized carbons (Fsp3) is 0.250. The molecule has 4 amide bonds. The van der Waals surface area contributed by atoms with Gasteiger partial charge in [0.05, 0.1) is 11.4 Å². The van der Waals surface area contributed by atoms with Crippen LogP contribution in [0, 0.1) is 0 Å². The summed E-state index contributed by atoms with van der Waals surface area (Å²) in [5.41, 5.74) is 2.10. The van der Waals surface area contributed by atoms with Crippen molar-refractivity contribution in [3.63, 3.8) is 0 Å². The maximum atomic E-state index is 12.5. The molecule has 0 atom stereocenters. The Hall–Kier alpha value is -3.75. The number of fused-ring (bicyclic) bond motifs is 2. The van der Waals surface area contributed by atoms with Gasteiger partial charge in [0.2, 0.25) is 18.6 Å². The summed E-state index contributed by atoms with van der Waals surface area (Å²) in [5.74, 6) is 0.894. The number of rotatable bonds is 5. The first-order valence-corrected chi connectivity index (χ1v) is 9.19. The molecule has 3 N–H and O–H groups in total. The summed E-state index contributed by atoms with van der Waals surface area (Å²) in [6, 6.07) is 12.1. The van der Waals surface area contributed by atoms with Crippen LogP contribution in [0.5, 0.6) is 11.5 Å². The molecule has 0 aliphatic carbocycles. The lowest BCUT2D eigenvalue weighted by Crippen LogP contribution is -2.47. The van der Waals surface area contributed by atoms with Crippen LogP contribution in [0.2, 0.25) is 0 Å². The van der Waals surface area contributed by atoms with Crippen LogP contribution in [0.25, 0.3) is 0 Å². The van der Waals surface area contributed by atoms with Crippen LogP contribution in [0.15, 0.2) is 42.5 Å². The van der Waals surface area contributed by atoms with Crippen molar-refractivity contribution >= 4 is 29.2 Å². The summed E-state index contributed by atoms with van der Waals surface area (Å²) in [6.07, 6.45) is 0.123. The fourth-order valence-corrected chi connectivity index (χ4v) is 3.13. The van der Waals surface area contributed by atoms with Crippen LogP contribution in [-0.4, -0.2) is 37.7 Å². The van der Waals surface area contributed by atoms with E-state index in [1.165, 1.54) is 4.90 Å². The molecule has 0 saturated heterocycles. The van der Waals surface area contributed by atoms with Crippen molar-refractivity contribution in [2.45, 2.75) is 13.0 Å². The van der Waals surface area contributed by atoms with E-state index in [0.717, 1.165) is 5.56 Å². The Balaban J connectivity index is 1.24. The Labute approximate surface area is 167 Å². The molecule has 0 fully saturated rings. The number of anilines is 2. The quantitative estimate of drug-likeness (QED) is 0.711. The zero-order valence-corrected chi connectivity index (χ0v) is 15.6. The second-order valence-corrected chi connectivity index (χ2v) is 6.60. The molecule has 150 valence electrons. The van der Waals surface area contributed by atoms with E-state index in [2.05, 4.69) is 16.0 Å². The number of hydrogen-bond donors (Lipinski definition) is 3. The van der Waals surface area contributed by atoms with Gasteiger partial charge in [-0.3, -0.25) is 14.5 Å². The van der Waals surface area contributed by atoms with Crippen LogP contribution < -0.4 is 30.3 Å². The highest BCUT2D eigenvalue weighted by Crippen LogP contribution is 2.32. The zero-order valence-electron chi connectivity index (χ0n) is 15.6. The predicted octanol–water partition coefficient (Wildman–Crippen LogP) is 1.59. The van der Waals surface area contributed by atoms with Crippen molar-refractivity contribution in [2.75, 3.05) is 30.1 Å². The number of nitrogens with one attached hydrogen (secondary N) is 3. The van der Waals surface area contributed by atoms with E-state index in [4.69, 9.17) is 9.47 Å². The average Bonchev–Trinajstić information content (AvgIpc) is 3.19. The molecule has 9 heteroatoms. The first-order valence-electron chi connectivity index (χ1n) is 9.19. The highest BCUT2D eigenvalue weighted by molar-refractivity contribution is 6.09. The van der Waals surface area contributed by atoms with Crippen LogP contribution in [-0.2, 0) is 16.1 Å². The van der Waals surface area contributed by atoms with Crippen molar-refractivity contribution in [3.05, 3.63) is 48.0 Å². The average molecular weight is 396 g/mol. The number of para-hydroxylation sites is 2. The van der Waals surface area contributed by atoms with Gasteiger partial charge in [0.25, 0.3) is 0 Å². The Morgan fingerprint density at radius 1 is 1.07 bits per heavy atom. The number of ether oxygens (including phenoxy) is 2. The maximum absolute atomic E-state index is 12.5. The number of urea groups is 1. The zero-order chi connectivity index (χ0) is 20.2. The summed E-state index contributed by atoms with van der Waals surface area (Å²) in [7, 11) is 0. The lowest BCUT2D eigenvalue weighted by Gasteiger charge is -2.29. The Bertz CT molecular complexity index is 962. The van der Waals surface area contributed by atoms with Gasteiger partial charge in [-0.1, -0.05) is 18.2 Å². The lowest BCUT2D eigenvalue weighted by atomic mass is 10.2. The van der Waals surface area contributed by atoms with Gasteiger partial charge in [-0.25, -0.2) is 4.79 Å². The molecule has 4 rings (SSSR count). The molecule has 0 aromatic heterocycles. The minimum absolute atomic E-state index is 0.0703. The molecule has 0 bridgehead atoms. The van der Waals surface area contributed by atoms with E-state index < -0.39 is 6.03 Å². The molecule has 2 aliphatic rings. The highest BCUT2D eigenvalue weighted by atomic mass is 16.7. The largest absolute Gasteiger partial charge is 0.454 e. The number of carbonyl (C=O) groups excluding carboxylic acids is 3.